The van der Waals surface area contributed by atoms with E-state index in [9.17, 15) is 4.79 Å². The van der Waals surface area contributed by atoms with Crippen LogP contribution >= 0.6 is 0 Å². The molecule has 0 saturated carbocycles. The lowest BCUT2D eigenvalue weighted by Crippen LogP contribution is -2.28. The topological polar surface area (TPSA) is 46.3 Å². The van der Waals surface area contributed by atoms with Crippen molar-refractivity contribution in [3.05, 3.63) is 64.7 Å². The predicted molar refractivity (Wildman–Crippen MR) is 87.8 cm³/mol. The molecule has 0 aliphatic rings. The Balaban J connectivity index is 2.35. The lowest BCUT2D eigenvalue weighted by molar-refractivity contribution is 0.0992. The molecule has 2 N–H and O–H groups in total. The number of amides is 1. The summed E-state index contributed by atoms with van der Waals surface area (Å²) < 4.78 is 0. The van der Waals surface area contributed by atoms with Gasteiger partial charge in [-0.1, -0.05) is 35.9 Å². The third-order valence-electron chi connectivity index (χ3n) is 3.68. The molecule has 0 bridgehead atoms. The van der Waals surface area contributed by atoms with Gasteiger partial charge in [0.2, 0.25) is 0 Å². The molecule has 0 spiro atoms. The van der Waals surface area contributed by atoms with Gasteiger partial charge in [-0.15, -0.1) is 0 Å². The molecule has 0 radical (unpaired) electrons. The molecule has 0 atom stereocenters. The highest BCUT2D eigenvalue weighted by atomic mass is 16.2. The van der Waals surface area contributed by atoms with Gasteiger partial charge in [0.15, 0.2) is 0 Å². The van der Waals surface area contributed by atoms with E-state index in [0.29, 0.717) is 13.0 Å². The molecule has 0 fully saturated rings. The summed E-state index contributed by atoms with van der Waals surface area (Å²) >= 11 is 0. The molecule has 2 aromatic rings. The Morgan fingerprint density at radius 3 is 2.52 bits per heavy atom. The number of benzene rings is 2. The number of aryl methyl sites for hydroxylation is 2. The SMILES string of the molecule is Cc1ccc(N(C)C(=O)c2ccccc2CCN)c(C)c1. The fourth-order valence-electron chi connectivity index (χ4n) is 2.57. The van der Waals surface area contributed by atoms with Crippen LogP contribution in [-0.4, -0.2) is 19.5 Å². The van der Waals surface area contributed by atoms with Crippen molar-refractivity contribution in [3.63, 3.8) is 0 Å². The van der Waals surface area contributed by atoms with E-state index in [1.807, 2.05) is 50.4 Å². The van der Waals surface area contributed by atoms with Gasteiger partial charge < -0.3 is 10.6 Å². The molecular weight excluding hydrogens is 260 g/mol. The zero-order valence-corrected chi connectivity index (χ0v) is 12.9. The van der Waals surface area contributed by atoms with Crippen LogP contribution in [0.25, 0.3) is 0 Å². The number of carbonyl (C=O) groups excluding carboxylic acids is 1. The monoisotopic (exact) mass is 282 g/mol. The predicted octanol–water partition coefficient (Wildman–Crippen LogP) is 3.08. The zero-order valence-electron chi connectivity index (χ0n) is 12.9. The van der Waals surface area contributed by atoms with Crippen LogP contribution in [0.5, 0.6) is 0 Å². The van der Waals surface area contributed by atoms with Gasteiger partial charge in [-0.05, 0) is 50.1 Å². The van der Waals surface area contributed by atoms with Crippen molar-refractivity contribution >= 4 is 11.6 Å². The summed E-state index contributed by atoms with van der Waals surface area (Å²) in [6.45, 7) is 4.62. The normalized spacial score (nSPS) is 10.5. The fourth-order valence-corrected chi connectivity index (χ4v) is 2.57. The van der Waals surface area contributed by atoms with Crippen molar-refractivity contribution in [2.24, 2.45) is 5.73 Å². The molecule has 3 heteroatoms. The van der Waals surface area contributed by atoms with E-state index < -0.39 is 0 Å². The van der Waals surface area contributed by atoms with Gasteiger partial charge in [0.05, 0.1) is 0 Å². The summed E-state index contributed by atoms with van der Waals surface area (Å²) in [4.78, 5) is 14.5. The van der Waals surface area contributed by atoms with Crippen molar-refractivity contribution in [1.29, 1.82) is 0 Å². The van der Waals surface area contributed by atoms with Crippen LogP contribution < -0.4 is 10.6 Å². The quantitative estimate of drug-likeness (QED) is 0.936. The smallest absolute Gasteiger partial charge is 0.258 e. The molecule has 0 aliphatic heterocycles. The van der Waals surface area contributed by atoms with Crippen LogP contribution in [-0.2, 0) is 6.42 Å². The minimum Gasteiger partial charge on any atom is -0.330 e. The third-order valence-corrected chi connectivity index (χ3v) is 3.68. The number of hydrogen-bond acceptors (Lipinski definition) is 2. The maximum Gasteiger partial charge on any atom is 0.258 e. The van der Waals surface area contributed by atoms with E-state index in [2.05, 4.69) is 13.0 Å². The summed E-state index contributed by atoms with van der Waals surface area (Å²) in [5.41, 5.74) is 10.6. The van der Waals surface area contributed by atoms with Gasteiger partial charge in [-0.3, -0.25) is 4.79 Å². The van der Waals surface area contributed by atoms with Gasteiger partial charge in [0, 0.05) is 18.3 Å². The first-order chi connectivity index (χ1) is 10.0. The molecule has 2 aromatic carbocycles. The highest BCUT2D eigenvalue weighted by Crippen LogP contribution is 2.22. The number of rotatable bonds is 4. The third kappa shape index (κ3) is 3.31. The number of anilines is 1. The minimum absolute atomic E-state index is 0.00556. The van der Waals surface area contributed by atoms with Crippen LogP contribution in [0.2, 0.25) is 0 Å². The lowest BCUT2D eigenvalue weighted by Gasteiger charge is -2.21. The molecule has 0 saturated heterocycles. The van der Waals surface area contributed by atoms with Crippen LogP contribution in [0.4, 0.5) is 5.69 Å². The number of nitrogens with two attached hydrogens (primary N) is 1. The maximum absolute atomic E-state index is 12.8. The zero-order chi connectivity index (χ0) is 15.4. The summed E-state index contributed by atoms with van der Waals surface area (Å²) in [7, 11) is 1.82. The van der Waals surface area contributed by atoms with Crippen molar-refractivity contribution in [2.75, 3.05) is 18.5 Å². The van der Waals surface area contributed by atoms with E-state index >= 15 is 0 Å². The minimum atomic E-state index is 0.00556. The van der Waals surface area contributed by atoms with E-state index in [4.69, 9.17) is 5.73 Å². The summed E-state index contributed by atoms with van der Waals surface area (Å²) in [6.07, 6.45) is 0.711. The number of carbonyl (C=O) groups is 1. The van der Waals surface area contributed by atoms with E-state index in [1.54, 1.807) is 4.90 Å². The summed E-state index contributed by atoms with van der Waals surface area (Å²) in [6, 6.07) is 13.8. The Labute approximate surface area is 126 Å². The second kappa shape index (κ2) is 6.55. The Morgan fingerprint density at radius 2 is 1.86 bits per heavy atom. The first-order valence-electron chi connectivity index (χ1n) is 7.18. The molecule has 110 valence electrons. The molecule has 21 heavy (non-hydrogen) atoms. The van der Waals surface area contributed by atoms with Crippen LogP contribution in [0, 0.1) is 13.8 Å². The largest absolute Gasteiger partial charge is 0.330 e. The molecule has 0 unspecified atom stereocenters. The molecule has 1 amide bonds. The van der Waals surface area contributed by atoms with Gasteiger partial charge in [0.25, 0.3) is 5.91 Å². The molecule has 0 aromatic heterocycles. The van der Waals surface area contributed by atoms with Crippen LogP contribution in [0.3, 0.4) is 0 Å². The number of nitrogens with zero attached hydrogens (tertiary/aromatic N) is 1. The van der Waals surface area contributed by atoms with Gasteiger partial charge >= 0.3 is 0 Å². The van der Waals surface area contributed by atoms with Crippen LogP contribution in [0.15, 0.2) is 42.5 Å². The Hall–Kier alpha value is -2.13. The Morgan fingerprint density at radius 1 is 1.14 bits per heavy atom. The maximum atomic E-state index is 12.8. The van der Waals surface area contributed by atoms with E-state index in [0.717, 1.165) is 22.4 Å². The van der Waals surface area contributed by atoms with Gasteiger partial charge in [-0.2, -0.15) is 0 Å². The highest BCUT2D eigenvalue weighted by molar-refractivity contribution is 6.07. The van der Waals surface area contributed by atoms with Crippen LogP contribution in [0.1, 0.15) is 27.0 Å². The molecule has 2 rings (SSSR count). The summed E-state index contributed by atoms with van der Waals surface area (Å²) in [5, 5.41) is 0. The fraction of sp³-hybridized carbons (Fsp3) is 0.278. The Kier molecular flexibility index (Phi) is 4.76. The second-order valence-electron chi connectivity index (χ2n) is 5.35. The lowest BCUT2D eigenvalue weighted by atomic mass is 10.0. The standard InChI is InChI=1S/C18H22N2O/c1-13-8-9-17(14(2)12-13)20(3)18(21)16-7-5-4-6-15(16)10-11-19/h4-9,12H,10-11,19H2,1-3H3. The summed E-state index contributed by atoms with van der Waals surface area (Å²) in [5.74, 6) is 0.00556. The first kappa shape index (κ1) is 15.3. The average Bonchev–Trinajstić information content (AvgIpc) is 2.47. The average molecular weight is 282 g/mol. The molecular formula is C18H22N2O. The van der Waals surface area contributed by atoms with E-state index in [1.165, 1.54) is 5.56 Å². The van der Waals surface area contributed by atoms with E-state index in [-0.39, 0.29) is 5.91 Å². The van der Waals surface area contributed by atoms with Gasteiger partial charge in [-0.25, -0.2) is 0 Å². The Bertz CT molecular complexity index is 649. The van der Waals surface area contributed by atoms with Gasteiger partial charge in [0.1, 0.15) is 0 Å². The number of hydrogen-bond donors (Lipinski definition) is 1. The second-order valence-corrected chi connectivity index (χ2v) is 5.35. The molecule has 3 nitrogen and oxygen atoms in total. The first-order valence-corrected chi connectivity index (χ1v) is 7.18. The van der Waals surface area contributed by atoms with Crippen molar-refractivity contribution in [2.45, 2.75) is 20.3 Å². The van der Waals surface area contributed by atoms with Crippen molar-refractivity contribution in [1.82, 2.24) is 0 Å². The highest BCUT2D eigenvalue weighted by Gasteiger charge is 2.17. The van der Waals surface area contributed by atoms with Crippen molar-refractivity contribution in [3.8, 4) is 0 Å². The molecule has 0 heterocycles. The molecule has 0 aliphatic carbocycles. The van der Waals surface area contributed by atoms with Crippen molar-refractivity contribution < 1.29 is 4.79 Å².